The Morgan fingerprint density at radius 2 is 1.85 bits per heavy atom. The van der Waals surface area contributed by atoms with Crippen LogP contribution in [0.2, 0.25) is 0 Å². The predicted octanol–water partition coefficient (Wildman–Crippen LogP) is 6.10. The van der Waals surface area contributed by atoms with Crippen molar-refractivity contribution in [2.75, 3.05) is 25.0 Å². The number of hydrogen-bond acceptors (Lipinski definition) is 7. The van der Waals surface area contributed by atoms with Gasteiger partial charge in [0.05, 0.1) is 29.3 Å². The normalized spacial score (nSPS) is 14.6. The van der Waals surface area contributed by atoms with E-state index in [9.17, 15) is 22.8 Å². The molecule has 9 nitrogen and oxygen atoms in total. The molecule has 4 aromatic rings. The highest BCUT2D eigenvalue weighted by Gasteiger charge is 2.30. The molecule has 0 unspecified atom stereocenters. The Balaban J connectivity index is 1.22. The molecule has 1 amide bonds. The Bertz CT molecular complexity index is 1550. The number of esters is 1. The first kappa shape index (κ1) is 28.1. The van der Waals surface area contributed by atoms with Crippen molar-refractivity contribution >= 4 is 28.6 Å². The minimum Gasteiger partial charge on any atom is -0.466 e. The van der Waals surface area contributed by atoms with Gasteiger partial charge >= 0.3 is 18.2 Å². The highest BCUT2D eigenvalue weighted by Crippen LogP contribution is 2.31. The lowest BCUT2D eigenvalue weighted by Crippen LogP contribution is -2.36. The molecule has 0 atom stereocenters. The molecule has 1 N–H and O–H groups in total. The Morgan fingerprint density at radius 1 is 1.05 bits per heavy atom. The zero-order valence-corrected chi connectivity index (χ0v) is 22.2. The maximum absolute atomic E-state index is 13.0. The summed E-state index contributed by atoms with van der Waals surface area (Å²) in [4.78, 5) is 35.6. The van der Waals surface area contributed by atoms with Gasteiger partial charge in [-0.1, -0.05) is 6.07 Å². The minimum atomic E-state index is -4.51. The number of aromatic nitrogens is 3. The number of nitrogens with zero attached hydrogens (tertiary/aromatic N) is 4. The zero-order valence-electron chi connectivity index (χ0n) is 22.2. The van der Waals surface area contributed by atoms with Crippen LogP contribution in [0.5, 0.6) is 11.6 Å². The van der Waals surface area contributed by atoms with E-state index in [0.29, 0.717) is 35.7 Å². The molecule has 2 aromatic heterocycles. The molecule has 214 valence electrons. The van der Waals surface area contributed by atoms with E-state index < -0.39 is 17.8 Å². The third kappa shape index (κ3) is 6.83. The van der Waals surface area contributed by atoms with Crippen molar-refractivity contribution < 1.29 is 32.2 Å². The van der Waals surface area contributed by atoms with Crippen molar-refractivity contribution in [1.82, 2.24) is 19.4 Å². The fourth-order valence-corrected chi connectivity index (χ4v) is 4.77. The SMILES string of the molecule is CCOC(=O)C1CCN(Cc2cc(Oc3ccc4c(ccn4C(=O)Nc4cccc(C(F)(F)F)c4)c3)ncn2)CC1. The maximum Gasteiger partial charge on any atom is 0.416 e. The van der Waals surface area contributed by atoms with E-state index in [1.807, 2.05) is 6.92 Å². The number of benzene rings is 2. The van der Waals surface area contributed by atoms with Crippen LogP contribution in [0.4, 0.5) is 23.7 Å². The molecule has 0 bridgehead atoms. The number of fused-ring (bicyclic) bond motifs is 1. The number of likely N-dealkylation sites (tertiary alicyclic amines) is 1. The van der Waals surface area contributed by atoms with Crippen molar-refractivity contribution in [2.45, 2.75) is 32.5 Å². The van der Waals surface area contributed by atoms with Crippen LogP contribution in [-0.4, -0.2) is 51.1 Å². The Labute approximate surface area is 233 Å². The number of ether oxygens (including phenoxy) is 2. The van der Waals surface area contributed by atoms with Crippen LogP contribution in [0, 0.1) is 5.92 Å². The highest BCUT2D eigenvalue weighted by atomic mass is 19.4. The van der Waals surface area contributed by atoms with Crippen molar-refractivity contribution in [2.24, 2.45) is 5.92 Å². The van der Waals surface area contributed by atoms with E-state index in [1.54, 1.807) is 30.3 Å². The number of rotatable bonds is 7. The van der Waals surface area contributed by atoms with Crippen LogP contribution in [0.3, 0.4) is 0 Å². The largest absolute Gasteiger partial charge is 0.466 e. The zero-order chi connectivity index (χ0) is 29.0. The Kier molecular flexibility index (Phi) is 8.20. The number of halogens is 3. The van der Waals surface area contributed by atoms with Gasteiger partial charge < -0.3 is 14.8 Å². The first-order valence-corrected chi connectivity index (χ1v) is 13.2. The molecule has 3 heterocycles. The summed E-state index contributed by atoms with van der Waals surface area (Å²) in [5, 5.41) is 3.20. The van der Waals surface area contributed by atoms with Gasteiger partial charge in [0.1, 0.15) is 12.1 Å². The number of carbonyl (C=O) groups excluding carboxylic acids is 2. The van der Waals surface area contributed by atoms with E-state index in [4.69, 9.17) is 9.47 Å². The fourth-order valence-electron chi connectivity index (χ4n) is 4.77. The van der Waals surface area contributed by atoms with Gasteiger partial charge in [0, 0.05) is 29.9 Å². The topological polar surface area (TPSA) is 98.6 Å². The molecule has 1 aliphatic rings. The molecule has 0 spiro atoms. The lowest BCUT2D eigenvalue weighted by atomic mass is 9.97. The van der Waals surface area contributed by atoms with Crippen molar-refractivity contribution in [1.29, 1.82) is 0 Å². The molecular formula is C29H28F3N5O4. The Morgan fingerprint density at radius 3 is 2.61 bits per heavy atom. The molecule has 2 aromatic carbocycles. The summed E-state index contributed by atoms with van der Waals surface area (Å²) in [5.41, 5.74) is 0.523. The predicted molar refractivity (Wildman–Crippen MR) is 145 cm³/mol. The van der Waals surface area contributed by atoms with Gasteiger partial charge in [-0.3, -0.25) is 14.3 Å². The van der Waals surface area contributed by atoms with Crippen molar-refractivity contribution in [3.8, 4) is 11.6 Å². The van der Waals surface area contributed by atoms with Gasteiger partial charge in [-0.15, -0.1) is 0 Å². The minimum absolute atomic E-state index is 0.0366. The van der Waals surface area contributed by atoms with Gasteiger partial charge in [0.15, 0.2) is 0 Å². The van der Waals surface area contributed by atoms with E-state index >= 15 is 0 Å². The summed E-state index contributed by atoms with van der Waals surface area (Å²) in [6.45, 7) is 4.32. The summed E-state index contributed by atoms with van der Waals surface area (Å²) >= 11 is 0. The number of alkyl halides is 3. The molecule has 0 saturated carbocycles. The molecule has 0 aliphatic carbocycles. The first-order valence-electron chi connectivity index (χ1n) is 13.2. The first-order chi connectivity index (χ1) is 19.7. The molecule has 0 radical (unpaired) electrons. The van der Waals surface area contributed by atoms with Gasteiger partial charge in [-0.25, -0.2) is 14.8 Å². The maximum atomic E-state index is 13.0. The standard InChI is InChI=1S/C29H28F3N5O4/c1-2-40-27(38)19-8-11-36(12-9-19)17-23-16-26(34-18-33-23)41-24-6-7-25-20(14-24)10-13-37(25)28(39)35-22-5-3-4-21(15-22)29(30,31)32/h3-7,10,13-16,18-19H,2,8-9,11-12,17H2,1H3,(H,35,39). The summed E-state index contributed by atoms with van der Waals surface area (Å²) < 4.78 is 51.4. The van der Waals surface area contributed by atoms with E-state index in [1.165, 1.54) is 29.2 Å². The smallest absolute Gasteiger partial charge is 0.416 e. The summed E-state index contributed by atoms with van der Waals surface area (Å²) in [7, 11) is 0. The number of amides is 1. The quantitative estimate of drug-likeness (QED) is 0.270. The van der Waals surface area contributed by atoms with Gasteiger partial charge in [-0.2, -0.15) is 13.2 Å². The third-order valence-corrected chi connectivity index (χ3v) is 6.84. The van der Waals surface area contributed by atoms with Crippen molar-refractivity contribution in [3.05, 3.63) is 78.4 Å². The average molecular weight is 568 g/mol. The number of anilines is 1. The fraction of sp³-hybridized carbons (Fsp3) is 0.310. The Hall–Kier alpha value is -4.45. The number of nitrogens with one attached hydrogen (secondary N) is 1. The van der Waals surface area contributed by atoms with Crippen LogP contribution in [-0.2, 0) is 22.3 Å². The van der Waals surface area contributed by atoms with Crippen LogP contribution >= 0.6 is 0 Å². The average Bonchev–Trinajstić information content (AvgIpc) is 3.37. The van der Waals surface area contributed by atoms with E-state index in [-0.39, 0.29) is 17.6 Å². The van der Waals surface area contributed by atoms with E-state index in [2.05, 4.69) is 20.2 Å². The van der Waals surface area contributed by atoms with Gasteiger partial charge in [-0.05, 0) is 75.3 Å². The number of piperidine rings is 1. The second-order valence-corrected chi connectivity index (χ2v) is 9.67. The van der Waals surface area contributed by atoms with Gasteiger partial charge in [0.2, 0.25) is 5.88 Å². The molecule has 1 aliphatic heterocycles. The molecule has 1 saturated heterocycles. The third-order valence-electron chi connectivity index (χ3n) is 6.84. The lowest BCUT2D eigenvalue weighted by molar-refractivity contribution is -0.149. The van der Waals surface area contributed by atoms with Crippen LogP contribution < -0.4 is 10.1 Å². The molecular weight excluding hydrogens is 539 g/mol. The molecule has 12 heteroatoms. The number of hydrogen-bond donors (Lipinski definition) is 1. The van der Waals surface area contributed by atoms with E-state index in [0.717, 1.165) is 43.8 Å². The van der Waals surface area contributed by atoms with Gasteiger partial charge in [0.25, 0.3) is 0 Å². The second-order valence-electron chi connectivity index (χ2n) is 9.67. The monoisotopic (exact) mass is 567 g/mol. The number of carbonyl (C=O) groups is 2. The highest BCUT2D eigenvalue weighted by molar-refractivity contribution is 5.98. The second kappa shape index (κ2) is 12.0. The van der Waals surface area contributed by atoms with Crippen LogP contribution in [0.25, 0.3) is 10.9 Å². The van der Waals surface area contributed by atoms with Crippen molar-refractivity contribution in [3.63, 3.8) is 0 Å². The van der Waals surface area contributed by atoms with Crippen LogP contribution in [0.1, 0.15) is 31.0 Å². The van der Waals surface area contributed by atoms with Crippen LogP contribution in [0.15, 0.2) is 67.1 Å². The summed E-state index contributed by atoms with van der Waals surface area (Å²) in [6, 6.07) is 12.4. The molecule has 1 fully saturated rings. The molecule has 41 heavy (non-hydrogen) atoms. The summed E-state index contributed by atoms with van der Waals surface area (Å²) in [6.07, 6.45) is -0.0610. The lowest BCUT2D eigenvalue weighted by Gasteiger charge is -2.30. The molecule has 5 rings (SSSR count). The summed E-state index contributed by atoms with van der Waals surface area (Å²) in [5.74, 6) is 0.659.